The molecule has 3 rings (SSSR count). The van der Waals surface area contributed by atoms with Gasteiger partial charge in [-0.25, -0.2) is 0 Å². The van der Waals surface area contributed by atoms with Gasteiger partial charge in [0.2, 0.25) is 5.91 Å². The largest absolute Gasteiger partial charge is 0.488 e. The maximum Gasteiger partial charge on any atom is 0.254 e. The first-order valence-electron chi connectivity index (χ1n) is 9.31. The Labute approximate surface area is 174 Å². The highest BCUT2D eigenvalue weighted by Crippen LogP contribution is 2.20. The number of likely N-dealkylation sites (N-methyl/N-ethyl adjacent to an activating group) is 1. The van der Waals surface area contributed by atoms with E-state index in [1.165, 1.54) is 4.90 Å². The normalized spacial score (nSPS) is 10.4. The number of rotatable bonds is 7. The van der Waals surface area contributed by atoms with Crippen molar-refractivity contribution in [3.63, 3.8) is 0 Å². The van der Waals surface area contributed by atoms with Crippen LogP contribution in [0, 0.1) is 13.8 Å². The van der Waals surface area contributed by atoms with Crippen LogP contribution >= 0.6 is 11.3 Å². The van der Waals surface area contributed by atoms with E-state index >= 15 is 0 Å². The summed E-state index contributed by atoms with van der Waals surface area (Å²) >= 11 is 1.62. The van der Waals surface area contributed by atoms with E-state index in [2.05, 4.69) is 5.32 Å². The van der Waals surface area contributed by atoms with E-state index in [0.717, 1.165) is 21.7 Å². The summed E-state index contributed by atoms with van der Waals surface area (Å²) in [5, 5.41) is 4.90. The number of para-hydroxylation sites is 1. The fourth-order valence-electron chi connectivity index (χ4n) is 2.97. The highest BCUT2D eigenvalue weighted by Gasteiger charge is 2.16. The van der Waals surface area contributed by atoms with E-state index in [1.807, 2.05) is 55.6 Å². The molecule has 29 heavy (non-hydrogen) atoms. The molecule has 0 aliphatic rings. The maximum absolute atomic E-state index is 12.7. The number of thiophene rings is 1. The van der Waals surface area contributed by atoms with Gasteiger partial charge in [0.1, 0.15) is 12.4 Å². The summed E-state index contributed by atoms with van der Waals surface area (Å²) in [4.78, 5) is 27.7. The molecule has 3 aromatic rings. The van der Waals surface area contributed by atoms with Crippen LogP contribution in [0.3, 0.4) is 0 Å². The molecule has 1 heterocycles. The lowest BCUT2D eigenvalue weighted by molar-refractivity contribution is -0.116. The lowest BCUT2D eigenvalue weighted by Gasteiger charge is -2.18. The number of amides is 2. The summed E-state index contributed by atoms with van der Waals surface area (Å²) in [6, 6.07) is 16.8. The second-order valence-corrected chi connectivity index (χ2v) is 7.90. The van der Waals surface area contributed by atoms with Gasteiger partial charge in [-0.15, -0.1) is 11.3 Å². The zero-order chi connectivity index (χ0) is 20.8. The average molecular weight is 409 g/mol. The Hall–Kier alpha value is -3.12. The zero-order valence-corrected chi connectivity index (χ0v) is 17.6. The third-order valence-corrected chi connectivity index (χ3v) is 5.37. The first-order chi connectivity index (χ1) is 13.9. The molecule has 0 saturated carbocycles. The Morgan fingerprint density at radius 1 is 1.03 bits per heavy atom. The number of benzene rings is 2. The lowest BCUT2D eigenvalue weighted by atomic mass is 10.1. The second-order valence-electron chi connectivity index (χ2n) is 6.87. The highest BCUT2D eigenvalue weighted by molar-refractivity contribution is 7.09. The van der Waals surface area contributed by atoms with E-state index in [-0.39, 0.29) is 18.4 Å². The van der Waals surface area contributed by atoms with E-state index in [1.54, 1.807) is 36.6 Å². The van der Waals surface area contributed by atoms with Crippen molar-refractivity contribution in [1.29, 1.82) is 0 Å². The maximum atomic E-state index is 12.7. The van der Waals surface area contributed by atoms with Crippen molar-refractivity contribution < 1.29 is 14.3 Å². The molecule has 2 amide bonds. The fraction of sp³-hybridized carbons (Fsp3) is 0.217. The molecule has 0 saturated heterocycles. The molecular weight excluding hydrogens is 384 g/mol. The van der Waals surface area contributed by atoms with Crippen LogP contribution in [-0.2, 0) is 11.4 Å². The quantitative estimate of drug-likeness (QED) is 0.619. The topological polar surface area (TPSA) is 58.6 Å². The number of nitrogens with one attached hydrogen (secondary N) is 1. The summed E-state index contributed by atoms with van der Waals surface area (Å²) < 4.78 is 5.77. The van der Waals surface area contributed by atoms with Crippen LogP contribution in [0.4, 0.5) is 5.69 Å². The van der Waals surface area contributed by atoms with Gasteiger partial charge in [-0.1, -0.05) is 30.3 Å². The van der Waals surface area contributed by atoms with Crippen LogP contribution in [0.25, 0.3) is 0 Å². The summed E-state index contributed by atoms with van der Waals surface area (Å²) in [6.07, 6.45) is 0. The monoisotopic (exact) mass is 408 g/mol. The van der Waals surface area contributed by atoms with E-state index in [0.29, 0.717) is 17.9 Å². The summed E-state index contributed by atoms with van der Waals surface area (Å²) in [6.45, 7) is 4.31. The number of ether oxygens (including phenoxy) is 1. The number of hydrogen-bond acceptors (Lipinski definition) is 4. The van der Waals surface area contributed by atoms with E-state index in [9.17, 15) is 9.59 Å². The number of hydrogen-bond donors (Lipinski definition) is 1. The SMILES string of the molecule is Cc1cccc(C)c1NC(=O)CN(C)C(=O)c1cccc(OCc2cccs2)c1. The number of nitrogens with zero attached hydrogens (tertiary/aromatic N) is 1. The molecule has 2 aromatic carbocycles. The van der Waals surface area contributed by atoms with E-state index in [4.69, 9.17) is 4.74 Å². The molecule has 0 bridgehead atoms. The molecule has 1 aromatic heterocycles. The number of carbonyl (C=O) groups is 2. The van der Waals surface area contributed by atoms with Crippen molar-refractivity contribution in [3.05, 3.63) is 81.5 Å². The Balaban J connectivity index is 1.60. The van der Waals surface area contributed by atoms with Gasteiger partial charge in [0.05, 0.1) is 6.54 Å². The molecule has 0 fully saturated rings. The Morgan fingerprint density at radius 3 is 2.45 bits per heavy atom. The molecule has 150 valence electrons. The average Bonchev–Trinajstić information content (AvgIpc) is 3.22. The van der Waals surface area contributed by atoms with Crippen molar-refractivity contribution in [1.82, 2.24) is 4.90 Å². The minimum absolute atomic E-state index is 0.0348. The molecular formula is C23H24N2O3S. The van der Waals surface area contributed by atoms with Crippen molar-refractivity contribution in [2.24, 2.45) is 0 Å². The predicted octanol–water partition coefficient (Wildman–Crippen LogP) is 4.65. The Kier molecular flexibility index (Phi) is 6.67. The third kappa shape index (κ3) is 5.45. The molecule has 0 radical (unpaired) electrons. The smallest absolute Gasteiger partial charge is 0.254 e. The van der Waals surface area contributed by atoms with Crippen molar-refractivity contribution in [2.45, 2.75) is 20.5 Å². The van der Waals surface area contributed by atoms with Crippen LogP contribution < -0.4 is 10.1 Å². The molecule has 1 N–H and O–H groups in total. The Morgan fingerprint density at radius 2 is 1.76 bits per heavy atom. The van der Waals surface area contributed by atoms with Gasteiger partial charge in [-0.05, 0) is 54.6 Å². The van der Waals surface area contributed by atoms with Crippen molar-refractivity contribution >= 4 is 28.8 Å². The fourth-order valence-corrected chi connectivity index (χ4v) is 3.58. The van der Waals surface area contributed by atoms with Crippen LogP contribution in [0.15, 0.2) is 60.0 Å². The van der Waals surface area contributed by atoms with Gasteiger partial charge in [0.25, 0.3) is 5.91 Å². The van der Waals surface area contributed by atoms with Crippen LogP contribution in [0.2, 0.25) is 0 Å². The highest BCUT2D eigenvalue weighted by atomic mass is 32.1. The summed E-state index contributed by atoms with van der Waals surface area (Å²) in [7, 11) is 1.62. The van der Waals surface area contributed by atoms with Gasteiger partial charge in [-0.2, -0.15) is 0 Å². The number of anilines is 1. The minimum Gasteiger partial charge on any atom is -0.488 e. The Bertz CT molecular complexity index is 979. The van der Waals surface area contributed by atoms with Crippen LogP contribution in [0.5, 0.6) is 5.75 Å². The third-order valence-electron chi connectivity index (χ3n) is 4.52. The standard InChI is InChI=1S/C23H24N2O3S/c1-16-7-4-8-17(2)22(16)24-21(26)14-25(3)23(27)18-9-5-10-19(13-18)28-15-20-11-6-12-29-20/h4-13H,14-15H2,1-3H3,(H,24,26). The van der Waals surface area contributed by atoms with Crippen molar-refractivity contribution in [2.75, 3.05) is 18.9 Å². The summed E-state index contributed by atoms with van der Waals surface area (Å²) in [5.41, 5.74) is 3.25. The van der Waals surface area contributed by atoms with Crippen molar-refractivity contribution in [3.8, 4) is 5.75 Å². The van der Waals surface area contributed by atoms with E-state index < -0.39 is 0 Å². The minimum atomic E-state index is -0.233. The van der Waals surface area contributed by atoms with Gasteiger partial charge < -0.3 is 15.0 Å². The van der Waals surface area contributed by atoms with Gasteiger partial charge in [0.15, 0.2) is 0 Å². The lowest BCUT2D eigenvalue weighted by Crippen LogP contribution is -2.35. The first-order valence-corrected chi connectivity index (χ1v) is 10.2. The van der Waals surface area contributed by atoms with Gasteiger partial charge >= 0.3 is 0 Å². The molecule has 0 spiro atoms. The first kappa shape index (κ1) is 20.6. The number of carbonyl (C=O) groups excluding carboxylic acids is 2. The second kappa shape index (κ2) is 9.39. The molecule has 0 aliphatic carbocycles. The number of aryl methyl sites for hydroxylation is 2. The van der Waals surface area contributed by atoms with Gasteiger partial charge in [0, 0.05) is 23.2 Å². The van der Waals surface area contributed by atoms with Crippen LogP contribution in [0.1, 0.15) is 26.4 Å². The molecule has 6 heteroatoms. The molecule has 0 atom stereocenters. The zero-order valence-electron chi connectivity index (χ0n) is 16.8. The van der Waals surface area contributed by atoms with Crippen LogP contribution in [-0.4, -0.2) is 30.3 Å². The molecule has 0 unspecified atom stereocenters. The molecule has 0 aliphatic heterocycles. The predicted molar refractivity (Wildman–Crippen MR) is 117 cm³/mol. The summed E-state index contributed by atoms with van der Waals surface area (Å²) in [5.74, 6) is 0.157. The van der Waals surface area contributed by atoms with Gasteiger partial charge in [-0.3, -0.25) is 9.59 Å². The molecule has 5 nitrogen and oxygen atoms in total.